The number of carbonyl (C=O) groups excluding carboxylic acids is 1. The number of ether oxygens (including phenoxy) is 2. The van der Waals surface area contributed by atoms with Crippen molar-refractivity contribution in [2.75, 3.05) is 13.7 Å². The second kappa shape index (κ2) is 6.30. The second-order valence-corrected chi connectivity index (χ2v) is 4.83. The number of rotatable bonds is 6. The van der Waals surface area contributed by atoms with E-state index in [1.807, 2.05) is 12.3 Å². The molecule has 0 amide bonds. The lowest BCUT2D eigenvalue weighted by molar-refractivity contribution is -0.144. The van der Waals surface area contributed by atoms with Crippen LogP contribution in [0.15, 0.2) is 24.4 Å². The van der Waals surface area contributed by atoms with E-state index >= 15 is 0 Å². The molecule has 2 aromatic rings. The summed E-state index contributed by atoms with van der Waals surface area (Å²) in [5.41, 5.74) is 1.87. The standard InChI is InChI=1S/C15H17NO5/c1-9(15(19)20-2)5-10-7-16-13-4-3-11(6-12(10)13)21-8-14(17)18/h3-4,6-7,9,16H,5,8H2,1-2H3,(H,17,18)/t9-/m0/s1. The summed E-state index contributed by atoms with van der Waals surface area (Å²) in [6, 6.07) is 5.29. The number of aromatic amines is 1. The molecule has 21 heavy (non-hydrogen) atoms. The summed E-state index contributed by atoms with van der Waals surface area (Å²) in [4.78, 5) is 25.1. The van der Waals surface area contributed by atoms with Crippen LogP contribution in [0.1, 0.15) is 12.5 Å². The monoisotopic (exact) mass is 291 g/mol. The molecule has 0 aliphatic rings. The highest BCUT2D eigenvalue weighted by Gasteiger charge is 2.16. The third-order valence-corrected chi connectivity index (χ3v) is 3.23. The van der Waals surface area contributed by atoms with Crippen molar-refractivity contribution in [1.29, 1.82) is 0 Å². The summed E-state index contributed by atoms with van der Waals surface area (Å²) in [6.07, 6.45) is 2.38. The van der Waals surface area contributed by atoms with Gasteiger partial charge in [-0.05, 0) is 30.2 Å². The van der Waals surface area contributed by atoms with Crippen molar-refractivity contribution in [3.63, 3.8) is 0 Å². The lowest BCUT2D eigenvalue weighted by Gasteiger charge is -2.08. The third-order valence-electron chi connectivity index (χ3n) is 3.23. The van der Waals surface area contributed by atoms with Crippen molar-refractivity contribution in [3.05, 3.63) is 30.0 Å². The van der Waals surface area contributed by atoms with Gasteiger partial charge in [-0.2, -0.15) is 0 Å². The molecule has 112 valence electrons. The van der Waals surface area contributed by atoms with Crippen LogP contribution in [0.2, 0.25) is 0 Å². The van der Waals surface area contributed by atoms with Gasteiger partial charge in [0.15, 0.2) is 6.61 Å². The molecule has 1 heterocycles. The van der Waals surface area contributed by atoms with Crippen molar-refractivity contribution in [2.45, 2.75) is 13.3 Å². The predicted octanol–water partition coefficient (Wildman–Crippen LogP) is 1.98. The SMILES string of the molecule is COC(=O)[C@@H](C)Cc1c[nH]c2ccc(OCC(=O)O)cc12. The number of carbonyl (C=O) groups is 2. The fraction of sp³-hybridized carbons (Fsp3) is 0.333. The number of aromatic nitrogens is 1. The summed E-state index contributed by atoms with van der Waals surface area (Å²) in [5.74, 6) is -1.06. The van der Waals surface area contributed by atoms with Gasteiger partial charge in [-0.3, -0.25) is 4.79 Å². The molecule has 2 rings (SSSR count). The largest absolute Gasteiger partial charge is 0.482 e. The van der Waals surface area contributed by atoms with Gasteiger partial charge in [-0.1, -0.05) is 6.92 Å². The Hall–Kier alpha value is -2.50. The van der Waals surface area contributed by atoms with E-state index in [4.69, 9.17) is 14.6 Å². The fourth-order valence-corrected chi connectivity index (χ4v) is 2.18. The van der Waals surface area contributed by atoms with Crippen molar-refractivity contribution in [1.82, 2.24) is 4.98 Å². The normalized spacial score (nSPS) is 12.1. The van der Waals surface area contributed by atoms with Crippen LogP contribution in [0.3, 0.4) is 0 Å². The molecule has 6 heteroatoms. The molecule has 1 aromatic heterocycles. The summed E-state index contributed by atoms with van der Waals surface area (Å²) < 4.78 is 9.89. The highest BCUT2D eigenvalue weighted by atomic mass is 16.5. The number of carboxylic acid groups (broad SMARTS) is 1. The zero-order valence-corrected chi connectivity index (χ0v) is 11.9. The Kier molecular flexibility index (Phi) is 4.47. The smallest absolute Gasteiger partial charge is 0.341 e. The van der Waals surface area contributed by atoms with E-state index in [1.165, 1.54) is 7.11 Å². The number of nitrogens with one attached hydrogen (secondary N) is 1. The Morgan fingerprint density at radius 1 is 1.38 bits per heavy atom. The molecule has 1 atom stereocenters. The molecule has 0 bridgehead atoms. The van der Waals surface area contributed by atoms with Crippen LogP contribution in [0.4, 0.5) is 0 Å². The van der Waals surface area contributed by atoms with Crippen LogP contribution in [0.25, 0.3) is 10.9 Å². The summed E-state index contributed by atoms with van der Waals surface area (Å²) in [5, 5.41) is 9.54. The van der Waals surface area contributed by atoms with E-state index in [1.54, 1.807) is 19.1 Å². The van der Waals surface area contributed by atoms with Crippen molar-refractivity contribution >= 4 is 22.8 Å². The molecule has 0 aliphatic carbocycles. The van der Waals surface area contributed by atoms with Crippen LogP contribution >= 0.6 is 0 Å². The highest BCUT2D eigenvalue weighted by molar-refractivity contribution is 5.85. The molecule has 0 aliphatic heterocycles. The first-order valence-electron chi connectivity index (χ1n) is 6.53. The maximum absolute atomic E-state index is 11.5. The summed E-state index contributed by atoms with van der Waals surface area (Å²) >= 11 is 0. The van der Waals surface area contributed by atoms with Gasteiger partial charge in [0.05, 0.1) is 13.0 Å². The number of hydrogen-bond donors (Lipinski definition) is 2. The average Bonchev–Trinajstić information content (AvgIpc) is 2.86. The van der Waals surface area contributed by atoms with Crippen LogP contribution in [0, 0.1) is 5.92 Å². The number of H-pyrrole nitrogens is 1. The molecule has 0 spiro atoms. The quantitative estimate of drug-likeness (QED) is 0.794. The van der Waals surface area contributed by atoms with E-state index in [0.717, 1.165) is 16.5 Å². The lowest BCUT2D eigenvalue weighted by atomic mass is 10.0. The molecule has 0 radical (unpaired) electrons. The lowest BCUT2D eigenvalue weighted by Crippen LogP contribution is -2.14. The number of esters is 1. The zero-order valence-electron chi connectivity index (χ0n) is 11.9. The molecular weight excluding hydrogens is 274 g/mol. The Bertz CT molecular complexity index is 661. The minimum absolute atomic E-state index is 0.252. The summed E-state index contributed by atoms with van der Waals surface area (Å²) in [6.45, 7) is 1.42. The topological polar surface area (TPSA) is 88.6 Å². The number of aliphatic carboxylic acids is 1. The van der Waals surface area contributed by atoms with Gasteiger partial charge in [-0.25, -0.2) is 4.79 Å². The first-order valence-corrected chi connectivity index (χ1v) is 6.53. The highest BCUT2D eigenvalue weighted by Crippen LogP contribution is 2.25. The number of benzene rings is 1. The number of carboxylic acids is 1. The Labute approximate surface area is 121 Å². The van der Waals surface area contributed by atoms with E-state index in [-0.39, 0.29) is 18.5 Å². The van der Waals surface area contributed by atoms with Crippen LogP contribution in [-0.2, 0) is 20.7 Å². The molecule has 6 nitrogen and oxygen atoms in total. The van der Waals surface area contributed by atoms with E-state index in [2.05, 4.69) is 4.98 Å². The Balaban J connectivity index is 2.22. The first kappa shape index (κ1) is 14.9. The second-order valence-electron chi connectivity index (χ2n) is 4.83. The molecule has 0 saturated heterocycles. The van der Waals surface area contributed by atoms with Crippen molar-refractivity contribution in [3.8, 4) is 5.75 Å². The van der Waals surface area contributed by atoms with Gasteiger partial charge >= 0.3 is 11.9 Å². The molecule has 0 saturated carbocycles. The predicted molar refractivity (Wildman–Crippen MR) is 76.3 cm³/mol. The van der Waals surface area contributed by atoms with Gasteiger partial charge in [-0.15, -0.1) is 0 Å². The van der Waals surface area contributed by atoms with Gasteiger partial charge < -0.3 is 19.6 Å². The number of methoxy groups -OCH3 is 1. The van der Waals surface area contributed by atoms with Gasteiger partial charge in [0.1, 0.15) is 5.75 Å². The van der Waals surface area contributed by atoms with E-state index in [9.17, 15) is 9.59 Å². The van der Waals surface area contributed by atoms with Gasteiger partial charge in [0.25, 0.3) is 0 Å². The summed E-state index contributed by atoms with van der Waals surface area (Å²) in [7, 11) is 1.37. The van der Waals surface area contributed by atoms with E-state index in [0.29, 0.717) is 12.2 Å². The maximum Gasteiger partial charge on any atom is 0.341 e. The maximum atomic E-state index is 11.5. The van der Waals surface area contributed by atoms with E-state index < -0.39 is 5.97 Å². The minimum atomic E-state index is -1.02. The number of fused-ring (bicyclic) bond motifs is 1. The molecule has 1 aromatic carbocycles. The van der Waals surface area contributed by atoms with Crippen molar-refractivity contribution in [2.24, 2.45) is 5.92 Å². The molecular formula is C15H17NO5. The minimum Gasteiger partial charge on any atom is -0.482 e. The van der Waals surface area contributed by atoms with Crippen molar-refractivity contribution < 1.29 is 24.2 Å². The number of hydrogen-bond acceptors (Lipinski definition) is 4. The Morgan fingerprint density at radius 3 is 2.81 bits per heavy atom. The van der Waals surface area contributed by atoms with Gasteiger partial charge in [0.2, 0.25) is 0 Å². The Morgan fingerprint density at radius 2 is 2.14 bits per heavy atom. The third kappa shape index (κ3) is 3.53. The molecule has 0 fully saturated rings. The van der Waals surface area contributed by atoms with Crippen LogP contribution in [0.5, 0.6) is 5.75 Å². The van der Waals surface area contributed by atoms with Crippen LogP contribution in [-0.4, -0.2) is 35.7 Å². The first-order chi connectivity index (χ1) is 10.0. The fourth-order valence-electron chi connectivity index (χ4n) is 2.18. The average molecular weight is 291 g/mol. The molecule has 0 unspecified atom stereocenters. The molecule has 2 N–H and O–H groups in total. The zero-order chi connectivity index (χ0) is 15.4. The van der Waals surface area contributed by atoms with Crippen LogP contribution < -0.4 is 4.74 Å². The van der Waals surface area contributed by atoms with Gasteiger partial charge in [0, 0.05) is 17.1 Å².